The molecule has 0 unspecified atom stereocenters. The predicted molar refractivity (Wildman–Crippen MR) is 79.2 cm³/mol. The second kappa shape index (κ2) is 4.81. The summed E-state index contributed by atoms with van der Waals surface area (Å²) in [6, 6.07) is 11.6. The van der Waals surface area contributed by atoms with Crippen LogP contribution in [-0.2, 0) is 9.84 Å². The van der Waals surface area contributed by atoms with Crippen LogP contribution in [-0.4, -0.2) is 30.9 Å². The standard InChI is InChI=1S/C14H18N2O2S/c1-14(2,19(3,17)18)10-15-13-9-8-11-6-4-5-7-12(11)16-13/h4-9H,10H2,1-3H3,(H,15,16). The lowest BCUT2D eigenvalue weighted by atomic mass is 10.2. The molecule has 1 aromatic heterocycles. The molecule has 0 aliphatic carbocycles. The first-order valence-corrected chi connectivity index (χ1v) is 7.98. The van der Waals surface area contributed by atoms with Gasteiger partial charge in [0.1, 0.15) is 5.82 Å². The number of aromatic nitrogens is 1. The van der Waals surface area contributed by atoms with Crippen LogP contribution >= 0.6 is 0 Å². The third-order valence-corrected chi connectivity index (χ3v) is 5.45. The summed E-state index contributed by atoms with van der Waals surface area (Å²) in [5.74, 6) is 0.690. The van der Waals surface area contributed by atoms with Crippen molar-refractivity contribution in [1.82, 2.24) is 4.98 Å². The smallest absolute Gasteiger partial charge is 0.154 e. The fraction of sp³-hybridized carbons (Fsp3) is 0.357. The maximum absolute atomic E-state index is 11.6. The van der Waals surface area contributed by atoms with E-state index in [0.29, 0.717) is 12.4 Å². The molecule has 2 rings (SSSR count). The van der Waals surface area contributed by atoms with E-state index >= 15 is 0 Å². The van der Waals surface area contributed by atoms with Crippen molar-refractivity contribution in [1.29, 1.82) is 0 Å². The van der Waals surface area contributed by atoms with Gasteiger partial charge in [0.2, 0.25) is 0 Å². The molecule has 0 fully saturated rings. The number of para-hydroxylation sites is 1. The molecule has 1 heterocycles. The molecule has 0 aliphatic heterocycles. The quantitative estimate of drug-likeness (QED) is 0.933. The van der Waals surface area contributed by atoms with Crippen molar-refractivity contribution >= 4 is 26.6 Å². The van der Waals surface area contributed by atoms with Gasteiger partial charge in [-0.15, -0.1) is 0 Å². The molecule has 4 nitrogen and oxygen atoms in total. The molecule has 102 valence electrons. The first-order chi connectivity index (χ1) is 8.79. The number of nitrogens with one attached hydrogen (secondary N) is 1. The van der Waals surface area contributed by atoms with Crippen molar-refractivity contribution in [2.45, 2.75) is 18.6 Å². The maximum atomic E-state index is 11.6. The van der Waals surface area contributed by atoms with Crippen molar-refractivity contribution in [3.05, 3.63) is 36.4 Å². The van der Waals surface area contributed by atoms with E-state index in [-0.39, 0.29) is 0 Å². The third kappa shape index (κ3) is 3.04. The van der Waals surface area contributed by atoms with Gasteiger partial charge in [0, 0.05) is 18.2 Å². The summed E-state index contributed by atoms with van der Waals surface area (Å²) in [6.07, 6.45) is 1.25. The molecule has 19 heavy (non-hydrogen) atoms. The Morgan fingerprint density at radius 3 is 2.53 bits per heavy atom. The van der Waals surface area contributed by atoms with E-state index in [1.54, 1.807) is 13.8 Å². The maximum Gasteiger partial charge on any atom is 0.154 e. The van der Waals surface area contributed by atoms with E-state index in [1.807, 2.05) is 36.4 Å². The summed E-state index contributed by atoms with van der Waals surface area (Å²) in [6.45, 7) is 3.74. The zero-order valence-electron chi connectivity index (χ0n) is 11.3. The van der Waals surface area contributed by atoms with Crippen LogP contribution in [0.2, 0.25) is 0 Å². The van der Waals surface area contributed by atoms with Crippen LogP contribution in [0.3, 0.4) is 0 Å². The molecule has 1 aromatic carbocycles. The predicted octanol–water partition coefficient (Wildman–Crippen LogP) is 2.47. The lowest BCUT2D eigenvalue weighted by Gasteiger charge is -2.23. The number of rotatable bonds is 4. The Morgan fingerprint density at radius 2 is 1.84 bits per heavy atom. The summed E-state index contributed by atoms with van der Waals surface area (Å²) in [4.78, 5) is 4.45. The Hall–Kier alpha value is -1.62. The minimum absolute atomic E-state index is 0.331. The minimum atomic E-state index is -3.11. The number of pyridine rings is 1. The average molecular weight is 278 g/mol. The fourth-order valence-electron chi connectivity index (χ4n) is 1.60. The number of fused-ring (bicyclic) bond motifs is 1. The second-order valence-electron chi connectivity index (χ2n) is 5.27. The topological polar surface area (TPSA) is 59.1 Å². The van der Waals surface area contributed by atoms with Crippen LogP contribution in [0.15, 0.2) is 36.4 Å². The molecule has 5 heteroatoms. The Balaban J connectivity index is 2.19. The summed E-state index contributed by atoms with van der Waals surface area (Å²) in [5.41, 5.74) is 0.893. The summed E-state index contributed by atoms with van der Waals surface area (Å²) in [5, 5.41) is 4.16. The zero-order chi connectivity index (χ0) is 14.1. The number of benzene rings is 1. The molecule has 0 aliphatic rings. The molecule has 2 aromatic rings. The van der Waals surface area contributed by atoms with Crippen molar-refractivity contribution in [3.63, 3.8) is 0 Å². The van der Waals surface area contributed by atoms with Crippen LogP contribution in [0, 0.1) is 0 Å². The molecule has 0 amide bonds. The lowest BCUT2D eigenvalue weighted by molar-refractivity contribution is 0.559. The molecule has 0 saturated heterocycles. The normalized spacial score (nSPS) is 12.6. The number of hydrogen-bond acceptors (Lipinski definition) is 4. The highest BCUT2D eigenvalue weighted by atomic mass is 32.2. The Bertz CT molecular complexity index is 693. The summed E-state index contributed by atoms with van der Waals surface area (Å²) in [7, 11) is -3.11. The highest BCUT2D eigenvalue weighted by molar-refractivity contribution is 7.92. The van der Waals surface area contributed by atoms with Gasteiger partial charge < -0.3 is 5.32 Å². The van der Waals surface area contributed by atoms with Crippen LogP contribution in [0.1, 0.15) is 13.8 Å². The van der Waals surface area contributed by atoms with Crippen LogP contribution in [0.25, 0.3) is 10.9 Å². The lowest BCUT2D eigenvalue weighted by Crippen LogP contribution is -2.38. The first kappa shape index (κ1) is 13.8. The van der Waals surface area contributed by atoms with Gasteiger partial charge in [-0.1, -0.05) is 18.2 Å². The van der Waals surface area contributed by atoms with E-state index in [1.165, 1.54) is 6.26 Å². The number of anilines is 1. The van der Waals surface area contributed by atoms with Gasteiger partial charge in [0.15, 0.2) is 9.84 Å². The number of nitrogens with zero attached hydrogens (tertiary/aromatic N) is 1. The van der Waals surface area contributed by atoms with Gasteiger partial charge in [-0.25, -0.2) is 13.4 Å². The van der Waals surface area contributed by atoms with E-state index in [9.17, 15) is 8.42 Å². The van der Waals surface area contributed by atoms with E-state index in [2.05, 4.69) is 10.3 Å². The molecule has 0 atom stereocenters. The third-order valence-electron chi connectivity index (χ3n) is 3.30. The van der Waals surface area contributed by atoms with E-state index < -0.39 is 14.6 Å². The van der Waals surface area contributed by atoms with E-state index in [0.717, 1.165) is 10.9 Å². The van der Waals surface area contributed by atoms with Gasteiger partial charge in [0.25, 0.3) is 0 Å². The highest BCUT2D eigenvalue weighted by Crippen LogP contribution is 2.18. The molecule has 0 spiro atoms. The van der Waals surface area contributed by atoms with Crippen molar-refractivity contribution in [2.75, 3.05) is 18.1 Å². The molecule has 0 bridgehead atoms. The van der Waals surface area contributed by atoms with Gasteiger partial charge in [0.05, 0.1) is 10.3 Å². The van der Waals surface area contributed by atoms with Gasteiger partial charge >= 0.3 is 0 Å². The SMILES string of the molecule is CC(C)(CNc1ccc2ccccc2n1)S(C)(=O)=O. The molecular formula is C14H18N2O2S. The monoisotopic (exact) mass is 278 g/mol. The van der Waals surface area contributed by atoms with Gasteiger partial charge in [-0.05, 0) is 32.0 Å². The molecule has 1 N–H and O–H groups in total. The van der Waals surface area contributed by atoms with Crippen LogP contribution < -0.4 is 5.32 Å². The number of hydrogen-bond donors (Lipinski definition) is 1. The van der Waals surface area contributed by atoms with Crippen molar-refractivity contribution < 1.29 is 8.42 Å². The molecule has 0 saturated carbocycles. The van der Waals surface area contributed by atoms with Gasteiger partial charge in [-0.3, -0.25) is 0 Å². The Kier molecular flexibility index (Phi) is 3.49. The number of sulfone groups is 1. The Morgan fingerprint density at radius 1 is 1.16 bits per heavy atom. The molecular weight excluding hydrogens is 260 g/mol. The Labute approximate surface area is 113 Å². The largest absolute Gasteiger partial charge is 0.368 e. The van der Waals surface area contributed by atoms with Crippen molar-refractivity contribution in [2.24, 2.45) is 0 Å². The van der Waals surface area contributed by atoms with Gasteiger partial charge in [-0.2, -0.15) is 0 Å². The summed E-state index contributed by atoms with van der Waals surface area (Å²) >= 11 is 0. The summed E-state index contributed by atoms with van der Waals surface area (Å²) < 4.78 is 22.4. The minimum Gasteiger partial charge on any atom is -0.368 e. The first-order valence-electron chi connectivity index (χ1n) is 6.09. The highest BCUT2D eigenvalue weighted by Gasteiger charge is 2.29. The second-order valence-corrected chi connectivity index (χ2v) is 7.92. The van der Waals surface area contributed by atoms with Crippen molar-refractivity contribution in [3.8, 4) is 0 Å². The van der Waals surface area contributed by atoms with E-state index in [4.69, 9.17) is 0 Å². The van der Waals surface area contributed by atoms with Crippen LogP contribution in [0.4, 0.5) is 5.82 Å². The molecule has 0 radical (unpaired) electrons. The average Bonchev–Trinajstić information content (AvgIpc) is 2.35. The fourth-order valence-corrected chi connectivity index (χ4v) is 1.93. The van der Waals surface area contributed by atoms with Crippen LogP contribution in [0.5, 0.6) is 0 Å². The zero-order valence-corrected chi connectivity index (χ0v) is 12.2.